The standard InChI is InChI=1S/C10H16N2O4S2/c1-11(5-3-10(13)14)18(15,16)12(2)7-9-4-6-17-8-9/h4,6,8H,3,5,7H2,1-2H3,(H,13,14). The maximum absolute atomic E-state index is 12.0. The van der Waals surface area contributed by atoms with Crippen molar-refractivity contribution in [2.24, 2.45) is 0 Å². The zero-order valence-electron chi connectivity index (χ0n) is 10.2. The predicted octanol–water partition coefficient (Wildman–Crippen LogP) is 0.831. The molecule has 0 spiro atoms. The summed E-state index contributed by atoms with van der Waals surface area (Å²) in [6.45, 7) is 0.245. The van der Waals surface area contributed by atoms with Crippen LogP contribution < -0.4 is 0 Å². The normalized spacial score (nSPS) is 12.2. The first-order chi connectivity index (χ1) is 8.34. The smallest absolute Gasteiger partial charge is 0.304 e. The highest BCUT2D eigenvalue weighted by Crippen LogP contribution is 2.12. The minimum Gasteiger partial charge on any atom is -0.481 e. The Labute approximate surface area is 111 Å². The molecule has 0 unspecified atom stereocenters. The van der Waals surface area contributed by atoms with Gasteiger partial charge in [0, 0.05) is 27.2 Å². The summed E-state index contributed by atoms with van der Waals surface area (Å²) in [6.07, 6.45) is -0.206. The van der Waals surface area contributed by atoms with Crippen LogP contribution in [0.1, 0.15) is 12.0 Å². The van der Waals surface area contributed by atoms with E-state index in [0.29, 0.717) is 0 Å². The monoisotopic (exact) mass is 292 g/mol. The third-order valence-corrected chi connectivity index (χ3v) is 5.03. The Hall–Kier alpha value is -0.960. The van der Waals surface area contributed by atoms with Crippen LogP contribution in [0.25, 0.3) is 0 Å². The molecule has 0 fully saturated rings. The van der Waals surface area contributed by atoms with Gasteiger partial charge in [0.15, 0.2) is 0 Å². The van der Waals surface area contributed by atoms with Gasteiger partial charge in [-0.25, -0.2) is 0 Å². The van der Waals surface area contributed by atoms with Crippen LogP contribution in [0.2, 0.25) is 0 Å². The highest BCUT2D eigenvalue weighted by molar-refractivity contribution is 7.86. The van der Waals surface area contributed by atoms with Crippen molar-refractivity contribution in [1.82, 2.24) is 8.61 Å². The first-order valence-corrected chi connectivity index (χ1v) is 7.58. The number of carbonyl (C=O) groups is 1. The van der Waals surface area contributed by atoms with Gasteiger partial charge in [-0.15, -0.1) is 0 Å². The van der Waals surface area contributed by atoms with Gasteiger partial charge in [-0.2, -0.15) is 28.4 Å². The molecule has 102 valence electrons. The number of aliphatic carboxylic acids is 1. The molecule has 1 heterocycles. The van der Waals surface area contributed by atoms with Crippen molar-refractivity contribution < 1.29 is 18.3 Å². The molecule has 0 atom stereocenters. The number of rotatable bonds is 7. The number of hydrogen-bond donors (Lipinski definition) is 1. The lowest BCUT2D eigenvalue weighted by molar-refractivity contribution is -0.137. The highest BCUT2D eigenvalue weighted by Gasteiger charge is 2.24. The van der Waals surface area contributed by atoms with Crippen molar-refractivity contribution in [2.45, 2.75) is 13.0 Å². The second kappa shape index (κ2) is 6.28. The molecule has 0 aliphatic rings. The molecule has 18 heavy (non-hydrogen) atoms. The van der Waals surface area contributed by atoms with E-state index in [1.54, 1.807) is 0 Å². The van der Waals surface area contributed by atoms with E-state index in [1.165, 1.54) is 29.7 Å². The van der Waals surface area contributed by atoms with Crippen LogP contribution in [-0.4, -0.2) is 48.7 Å². The number of carboxylic acids is 1. The Morgan fingerprint density at radius 1 is 1.39 bits per heavy atom. The first kappa shape index (κ1) is 15.1. The largest absolute Gasteiger partial charge is 0.481 e. The molecule has 1 rings (SSSR count). The minimum atomic E-state index is -3.60. The van der Waals surface area contributed by atoms with E-state index in [1.807, 2.05) is 16.8 Å². The second-order valence-corrected chi connectivity index (χ2v) is 6.78. The van der Waals surface area contributed by atoms with Gasteiger partial charge in [-0.05, 0) is 22.4 Å². The fourth-order valence-corrected chi connectivity index (χ4v) is 3.10. The molecule has 1 aromatic rings. The molecule has 8 heteroatoms. The van der Waals surface area contributed by atoms with Crippen LogP contribution in [0.3, 0.4) is 0 Å². The molecule has 0 aliphatic heterocycles. The summed E-state index contributed by atoms with van der Waals surface area (Å²) in [6, 6.07) is 1.86. The van der Waals surface area contributed by atoms with Crippen LogP contribution in [0, 0.1) is 0 Å². The van der Waals surface area contributed by atoms with Crippen molar-refractivity contribution in [3.63, 3.8) is 0 Å². The third-order valence-electron chi connectivity index (χ3n) is 2.41. The van der Waals surface area contributed by atoms with Crippen LogP contribution >= 0.6 is 11.3 Å². The van der Waals surface area contributed by atoms with Crippen LogP contribution in [0.15, 0.2) is 16.8 Å². The summed E-state index contributed by atoms with van der Waals surface area (Å²) in [4.78, 5) is 10.4. The second-order valence-electron chi connectivity index (χ2n) is 3.86. The molecule has 0 saturated carbocycles. The molecular formula is C10H16N2O4S2. The van der Waals surface area contributed by atoms with Gasteiger partial charge < -0.3 is 5.11 Å². The molecule has 1 aromatic heterocycles. The number of carboxylic acid groups (broad SMARTS) is 1. The summed E-state index contributed by atoms with van der Waals surface area (Å²) in [5, 5.41) is 12.3. The van der Waals surface area contributed by atoms with Gasteiger partial charge in [0.1, 0.15) is 0 Å². The molecule has 0 aliphatic carbocycles. The van der Waals surface area contributed by atoms with E-state index in [-0.39, 0.29) is 19.5 Å². The van der Waals surface area contributed by atoms with Crippen LogP contribution in [-0.2, 0) is 21.5 Å². The fraction of sp³-hybridized carbons (Fsp3) is 0.500. The highest BCUT2D eigenvalue weighted by atomic mass is 32.2. The van der Waals surface area contributed by atoms with Gasteiger partial charge in [0.25, 0.3) is 10.2 Å². The van der Waals surface area contributed by atoms with Crippen molar-refractivity contribution in [3.8, 4) is 0 Å². The lowest BCUT2D eigenvalue weighted by Gasteiger charge is -2.23. The maximum Gasteiger partial charge on any atom is 0.304 e. The Morgan fingerprint density at radius 2 is 2.06 bits per heavy atom. The Kier molecular flexibility index (Phi) is 5.27. The molecular weight excluding hydrogens is 276 g/mol. The average molecular weight is 292 g/mol. The fourth-order valence-electron chi connectivity index (χ4n) is 1.33. The third kappa shape index (κ3) is 4.05. The molecule has 0 saturated heterocycles. The Morgan fingerprint density at radius 3 is 2.56 bits per heavy atom. The maximum atomic E-state index is 12.0. The topological polar surface area (TPSA) is 77.9 Å². The van der Waals surface area contributed by atoms with E-state index in [4.69, 9.17) is 5.11 Å². The molecule has 6 nitrogen and oxygen atoms in total. The van der Waals surface area contributed by atoms with Crippen LogP contribution in [0.4, 0.5) is 0 Å². The number of hydrogen-bond acceptors (Lipinski definition) is 4. The van der Waals surface area contributed by atoms with E-state index >= 15 is 0 Å². The zero-order chi connectivity index (χ0) is 13.8. The Balaban J connectivity index is 2.64. The van der Waals surface area contributed by atoms with Gasteiger partial charge in [-0.3, -0.25) is 4.79 Å². The molecule has 0 amide bonds. The quantitative estimate of drug-likeness (QED) is 0.807. The van der Waals surface area contributed by atoms with Crippen molar-refractivity contribution in [3.05, 3.63) is 22.4 Å². The van der Waals surface area contributed by atoms with E-state index in [2.05, 4.69) is 0 Å². The predicted molar refractivity (Wildman–Crippen MR) is 69.6 cm³/mol. The molecule has 0 aromatic carbocycles. The van der Waals surface area contributed by atoms with Crippen molar-refractivity contribution >= 4 is 27.5 Å². The number of thiophene rings is 1. The van der Waals surface area contributed by atoms with Crippen molar-refractivity contribution in [2.75, 3.05) is 20.6 Å². The summed E-state index contributed by atoms with van der Waals surface area (Å²) in [5.74, 6) is -1.02. The SMILES string of the molecule is CN(CCC(=O)O)S(=O)(=O)N(C)Cc1ccsc1. The van der Waals surface area contributed by atoms with Gasteiger partial charge in [0.2, 0.25) is 0 Å². The summed E-state index contributed by atoms with van der Waals surface area (Å²) in [7, 11) is -0.749. The summed E-state index contributed by atoms with van der Waals surface area (Å²) >= 11 is 1.50. The van der Waals surface area contributed by atoms with Gasteiger partial charge in [-0.1, -0.05) is 0 Å². The molecule has 1 N–H and O–H groups in total. The molecule has 0 bridgehead atoms. The lowest BCUT2D eigenvalue weighted by Crippen LogP contribution is -2.40. The van der Waals surface area contributed by atoms with Gasteiger partial charge >= 0.3 is 5.97 Å². The van der Waals surface area contributed by atoms with Gasteiger partial charge in [0.05, 0.1) is 6.42 Å². The van der Waals surface area contributed by atoms with E-state index < -0.39 is 16.2 Å². The minimum absolute atomic E-state index is 0.0361. The Bertz CT molecular complexity index is 484. The van der Waals surface area contributed by atoms with E-state index in [0.717, 1.165) is 9.87 Å². The first-order valence-electron chi connectivity index (χ1n) is 5.24. The van der Waals surface area contributed by atoms with Crippen molar-refractivity contribution in [1.29, 1.82) is 0 Å². The summed E-state index contributed by atoms with van der Waals surface area (Å²) in [5.41, 5.74) is 0.915. The average Bonchev–Trinajstić information content (AvgIpc) is 2.78. The lowest BCUT2D eigenvalue weighted by atomic mass is 10.3. The van der Waals surface area contributed by atoms with Crippen LogP contribution in [0.5, 0.6) is 0 Å². The zero-order valence-corrected chi connectivity index (χ0v) is 11.9. The molecule has 0 radical (unpaired) electrons. The van der Waals surface area contributed by atoms with E-state index in [9.17, 15) is 13.2 Å². The summed E-state index contributed by atoms with van der Waals surface area (Å²) < 4.78 is 26.3. The number of nitrogens with zero attached hydrogens (tertiary/aromatic N) is 2.